The molecule has 0 radical (unpaired) electrons. The molecule has 0 atom stereocenters. The van der Waals surface area contributed by atoms with Gasteiger partial charge in [0.2, 0.25) is 0 Å². The van der Waals surface area contributed by atoms with Gasteiger partial charge in [0.15, 0.2) is 0 Å². The van der Waals surface area contributed by atoms with Crippen LogP contribution in [0.1, 0.15) is 21.5 Å². The fraction of sp³-hybridized carbons (Fsp3) is 0.0417. The summed E-state index contributed by atoms with van der Waals surface area (Å²) >= 11 is 0. The molecule has 4 aromatic carbocycles. The number of hydrogen-bond donors (Lipinski definition) is 0. The summed E-state index contributed by atoms with van der Waals surface area (Å²) in [6.07, 6.45) is 0. The second kappa shape index (κ2) is 11.0. The van der Waals surface area contributed by atoms with Gasteiger partial charge in [-0.05, 0) is 23.3 Å². The predicted octanol–water partition coefficient (Wildman–Crippen LogP) is 5.62. The van der Waals surface area contributed by atoms with E-state index in [1.807, 2.05) is 97.1 Å². The Morgan fingerprint density at radius 1 is 0.778 bits per heavy atom. The minimum Gasteiger partial charge on any atom is -0.748 e. The van der Waals surface area contributed by atoms with Crippen molar-refractivity contribution in [2.45, 2.75) is 6.61 Å². The number of rotatable bonds is 5. The molecule has 0 heterocycles. The SMILES string of the molecule is O=C(c1ccc(OCc2ccccc2)cc1)[c-]1cccc1.[Fe].[cH-]1[cH-][cH-][cH-][cH-]1. The van der Waals surface area contributed by atoms with Gasteiger partial charge in [-0.15, -0.1) is 12.1 Å². The minimum absolute atomic E-state index is 0. The molecule has 4 rings (SSSR count). The van der Waals surface area contributed by atoms with Crippen molar-refractivity contribution in [3.05, 3.63) is 126 Å². The van der Waals surface area contributed by atoms with Gasteiger partial charge in [0, 0.05) is 17.1 Å². The van der Waals surface area contributed by atoms with Crippen LogP contribution in [0.15, 0.2) is 109 Å². The van der Waals surface area contributed by atoms with Gasteiger partial charge < -0.3 is 39.9 Å². The van der Waals surface area contributed by atoms with Gasteiger partial charge >= 0.3 is 0 Å². The molecule has 0 saturated carbocycles. The fourth-order valence-electron chi connectivity index (χ4n) is 2.46. The third-order valence-electron chi connectivity index (χ3n) is 3.85. The van der Waals surface area contributed by atoms with E-state index in [0.29, 0.717) is 17.7 Å². The Labute approximate surface area is 170 Å². The molecule has 3 heteroatoms. The van der Waals surface area contributed by atoms with Crippen molar-refractivity contribution in [3.8, 4) is 5.75 Å². The van der Waals surface area contributed by atoms with Crippen LogP contribution >= 0.6 is 0 Å². The van der Waals surface area contributed by atoms with E-state index >= 15 is 0 Å². The zero-order valence-electron chi connectivity index (χ0n) is 14.8. The monoisotopic (exact) mass is 396 g/mol. The van der Waals surface area contributed by atoms with E-state index in [1.165, 1.54) is 0 Å². The molecular weight excluding hydrogens is 376 g/mol. The number of hydrogen-bond acceptors (Lipinski definition) is 2. The maximum absolute atomic E-state index is 12.2. The van der Waals surface area contributed by atoms with Crippen LogP contribution in [-0.4, -0.2) is 5.78 Å². The van der Waals surface area contributed by atoms with Gasteiger partial charge in [-0.2, -0.15) is 12.1 Å². The average Bonchev–Trinajstić information content (AvgIpc) is 3.44. The van der Waals surface area contributed by atoms with Crippen molar-refractivity contribution in [3.63, 3.8) is 0 Å². The zero-order chi connectivity index (χ0) is 18.0. The van der Waals surface area contributed by atoms with Crippen LogP contribution in [0.3, 0.4) is 0 Å². The molecule has 0 unspecified atom stereocenters. The molecule has 0 N–H and O–H groups in total. The molecule has 0 spiro atoms. The van der Waals surface area contributed by atoms with E-state index in [9.17, 15) is 4.79 Å². The summed E-state index contributed by atoms with van der Waals surface area (Å²) in [5.41, 5.74) is 2.51. The Kier molecular flexibility index (Phi) is 8.31. The number of ketones is 1. The molecule has 2 nitrogen and oxygen atoms in total. The Morgan fingerprint density at radius 3 is 1.89 bits per heavy atom. The van der Waals surface area contributed by atoms with Crippen molar-refractivity contribution in [1.29, 1.82) is 0 Å². The number of ether oxygens (including phenoxy) is 1. The first-order valence-electron chi connectivity index (χ1n) is 8.53. The van der Waals surface area contributed by atoms with E-state index in [0.717, 1.165) is 11.3 Å². The second-order valence-corrected chi connectivity index (χ2v) is 5.76. The largest absolute Gasteiger partial charge is 0.748 e. The molecule has 0 aliphatic rings. The standard InChI is InChI=1S/C19H15O2.C5H5.Fe/c20-19(16-8-4-5-9-16)17-10-12-18(13-11-17)21-14-15-6-2-1-3-7-15;1-2-4-5-3-1;/h1-13H,14H2;1-5H;/q-1;-5;. The Bertz CT molecular complexity index is 860. The van der Waals surface area contributed by atoms with E-state index in [-0.39, 0.29) is 22.9 Å². The van der Waals surface area contributed by atoms with Gasteiger partial charge in [0.1, 0.15) is 18.1 Å². The topological polar surface area (TPSA) is 26.3 Å². The smallest absolute Gasteiger partial charge is 0.118 e. The Balaban J connectivity index is 0.000000379. The Hall–Kier alpha value is -2.87. The molecule has 0 aromatic heterocycles. The molecule has 0 aliphatic carbocycles. The van der Waals surface area contributed by atoms with Crippen molar-refractivity contribution in [1.82, 2.24) is 0 Å². The zero-order valence-corrected chi connectivity index (χ0v) is 15.9. The van der Waals surface area contributed by atoms with Crippen LogP contribution in [0.5, 0.6) is 5.75 Å². The van der Waals surface area contributed by atoms with Crippen molar-refractivity contribution in [2.75, 3.05) is 0 Å². The molecular formula is C24H20FeO2-6. The van der Waals surface area contributed by atoms with Gasteiger partial charge in [0.25, 0.3) is 0 Å². The molecule has 0 amide bonds. The first-order valence-corrected chi connectivity index (χ1v) is 8.53. The maximum Gasteiger partial charge on any atom is 0.118 e. The normalized spacial score (nSPS) is 9.48. The third-order valence-corrected chi connectivity index (χ3v) is 3.85. The first kappa shape index (κ1) is 20.4. The maximum atomic E-state index is 12.2. The average molecular weight is 396 g/mol. The van der Waals surface area contributed by atoms with Crippen LogP contribution in [-0.2, 0) is 23.7 Å². The summed E-state index contributed by atoms with van der Waals surface area (Å²) in [5, 5.41) is 0. The summed E-state index contributed by atoms with van der Waals surface area (Å²) in [6, 6.07) is 34.6. The van der Waals surface area contributed by atoms with Gasteiger partial charge in [0.05, 0.1) is 0 Å². The molecule has 27 heavy (non-hydrogen) atoms. The van der Waals surface area contributed by atoms with Gasteiger partial charge in [-0.3, -0.25) is 0 Å². The van der Waals surface area contributed by atoms with Crippen LogP contribution < -0.4 is 4.74 Å². The van der Waals surface area contributed by atoms with Crippen LogP contribution in [0.25, 0.3) is 0 Å². The molecule has 4 aromatic rings. The van der Waals surface area contributed by atoms with E-state index < -0.39 is 0 Å². The summed E-state index contributed by atoms with van der Waals surface area (Å²) in [5.74, 6) is 0.799. The molecule has 0 fully saturated rings. The molecule has 0 aliphatic heterocycles. The molecule has 0 saturated heterocycles. The van der Waals surface area contributed by atoms with Crippen LogP contribution in [0.2, 0.25) is 0 Å². The summed E-state index contributed by atoms with van der Waals surface area (Å²) in [4.78, 5) is 12.2. The van der Waals surface area contributed by atoms with Crippen molar-refractivity contribution >= 4 is 5.78 Å². The fourth-order valence-corrected chi connectivity index (χ4v) is 2.46. The summed E-state index contributed by atoms with van der Waals surface area (Å²) < 4.78 is 5.71. The number of carbonyl (C=O) groups excluding carboxylic acids is 1. The number of benzene rings is 2. The van der Waals surface area contributed by atoms with E-state index in [1.54, 1.807) is 12.1 Å². The van der Waals surface area contributed by atoms with Crippen molar-refractivity contribution < 1.29 is 26.6 Å². The first-order chi connectivity index (χ1) is 12.8. The third kappa shape index (κ3) is 6.41. The van der Waals surface area contributed by atoms with Crippen LogP contribution in [0, 0.1) is 0 Å². The quantitative estimate of drug-likeness (QED) is 0.249. The van der Waals surface area contributed by atoms with E-state index in [4.69, 9.17) is 4.74 Å². The summed E-state index contributed by atoms with van der Waals surface area (Å²) in [7, 11) is 0. The van der Waals surface area contributed by atoms with Gasteiger partial charge in [-0.25, -0.2) is 0 Å². The predicted molar refractivity (Wildman–Crippen MR) is 105 cm³/mol. The van der Waals surface area contributed by atoms with Crippen molar-refractivity contribution in [2.24, 2.45) is 0 Å². The van der Waals surface area contributed by atoms with Gasteiger partial charge in [-0.1, -0.05) is 48.0 Å². The Morgan fingerprint density at radius 2 is 1.33 bits per heavy atom. The second-order valence-electron chi connectivity index (χ2n) is 5.76. The van der Waals surface area contributed by atoms with Crippen LogP contribution in [0.4, 0.5) is 0 Å². The van der Waals surface area contributed by atoms with E-state index in [2.05, 4.69) is 0 Å². The minimum atomic E-state index is 0. The number of carbonyl (C=O) groups is 1. The molecule has 142 valence electrons. The summed E-state index contributed by atoms with van der Waals surface area (Å²) in [6.45, 7) is 0.525. The molecule has 0 bridgehead atoms.